The summed E-state index contributed by atoms with van der Waals surface area (Å²) in [6.45, 7) is 4.93. The highest BCUT2D eigenvalue weighted by Gasteiger charge is 2.24. The first-order valence-corrected chi connectivity index (χ1v) is 9.68. The molecule has 7 nitrogen and oxygen atoms in total. The molecule has 0 fully saturated rings. The van der Waals surface area contributed by atoms with Gasteiger partial charge >= 0.3 is 5.97 Å². The highest BCUT2D eigenvalue weighted by atomic mass is 32.1. The number of amides is 1. The number of rotatable bonds is 6. The predicted molar refractivity (Wildman–Crippen MR) is 106 cm³/mol. The van der Waals surface area contributed by atoms with E-state index in [2.05, 4.69) is 20.3 Å². The summed E-state index contributed by atoms with van der Waals surface area (Å²) in [5, 5.41) is 3.24. The van der Waals surface area contributed by atoms with Crippen molar-refractivity contribution in [3.8, 4) is 10.8 Å². The van der Waals surface area contributed by atoms with Gasteiger partial charge in [-0.1, -0.05) is 12.1 Å². The molecule has 150 valence electrons. The number of nitrogens with zero attached hydrogens (tertiary/aromatic N) is 3. The van der Waals surface area contributed by atoms with Gasteiger partial charge in [0.25, 0.3) is 5.91 Å². The lowest BCUT2D eigenvalue weighted by Gasteiger charge is -2.18. The Morgan fingerprint density at radius 1 is 1.14 bits per heavy atom. The van der Waals surface area contributed by atoms with E-state index in [9.17, 15) is 14.0 Å². The highest BCUT2D eigenvalue weighted by molar-refractivity contribution is 7.16. The van der Waals surface area contributed by atoms with Gasteiger partial charge in [0, 0.05) is 12.4 Å². The van der Waals surface area contributed by atoms with Crippen LogP contribution in [-0.4, -0.2) is 32.9 Å². The zero-order chi connectivity index (χ0) is 21.0. The fourth-order valence-electron chi connectivity index (χ4n) is 2.52. The molecule has 3 rings (SSSR count). The molecule has 0 saturated carbocycles. The summed E-state index contributed by atoms with van der Waals surface area (Å²) in [6, 6.07) is 7.14. The number of halogens is 1. The summed E-state index contributed by atoms with van der Waals surface area (Å²) in [6.07, 6.45) is 2.17. The number of aromatic nitrogens is 3. The van der Waals surface area contributed by atoms with E-state index in [-0.39, 0.29) is 11.9 Å². The van der Waals surface area contributed by atoms with Crippen LogP contribution in [0.1, 0.15) is 40.8 Å². The molecule has 2 aromatic heterocycles. The number of aryl methyl sites for hydroxylation is 1. The monoisotopic (exact) mass is 414 g/mol. The van der Waals surface area contributed by atoms with Crippen LogP contribution in [0.2, 0.25) is 0 Å². The Morgan fingerprint density at radius 2 is 1.79 bits per heavy atom. The number of thiazole rings is 1. The Balaban J connectivity index is 1.63. The lowest BCUT2D eigenvalue weighted by molar-refractivity contribution is -0.129. The van der Waals surface area contributed by atoms with Crippen molar-refractivity contribution >= 4 is 23.2 Å². The largest absolute Gasteiger partial charge is 0.448 e. The van der Waals surface area contributed by atoms with Crippen LogP contribution in [0.15, 0.2) is 42.7 Å². The number of ether oxygens (including phenoxy) is 1. The van der Waals surface area contributed by atoms with Gasteiger partial charge in [0.1, 0.15) is 10.7 Å². The molecule has 9 heteroatoms. The van der Waals surface area contributed by atoms with Gasteiger partial charge in [-0.3, -0.25) is 4.79 Å². The Bertz CT molecular complexity index is 1010. The summed E-state index contributed by atoms with van der Waals surface area (Å²) in [7, 11) is 0. The van der Waals surface area contributed by atoms with Crippen molar-refractivity contribution < 1.29 is 18.7 Å². The minimum Gasteiger partial charge on any atom is -0.448 e. The SMILES string of the molecule is Cc1nc(-c2ncccn2)sc1C(=O)OC(C)C(=O)NC(C)c1ccc(F)cc1. The molecule has 2 atom stereocenters. The summed E-state index contributed by atoms with van der Waals surface area (Å²) in [4.78, 5) is 37.7. The molecular weight excluding hydrogens is 395 g/mol. The molecule has 0 bridgehead atoms. The summed E-state index contributed by atoms with van der Waals surface area (Å²) in [5.41, 5.74) is 1.22. The molecule has 2 unspecified atom stereocenters. The first-order chi connectivity index (χ1) is 13.8. The molecule has 1 N–H and O–H groups in total. The van der Waals surface area contributed by atoms with Crippen molar-refractivity contribution in [3.63, 3.8) is 0 Å². The van der Waals surface area contributed by atoms with E-state index in [1.807, 2.05) is 0 Å². The van der Waals surface area contributed by atoms with Gasteiger partial charge in [0.15, 0.2) is 16.9 Å². The molecule has 0 aliphatic carbocycles. The zero-order valence-corrected chi connectivity index (χ0v) is 16.9. The number of esters is 1. The average Bonchev–Trinajstić information content (AvgIpc) is 3.11. The van der Waals surface area contributed by atoms with Crippen molar-refractivity contribution in [2.75, 3.05) is 0 Å². The molecule has 2 heterocycles. The zero-order valence-electron chi connectivity index (χ0n) is 16.0. The van der Waals surface area contributed by atoms with Gasteiger partial charge in [-0.2, -0.15) is 0 Å². The molecular formula is C20H19FN4O3S. The molecule has 0 spiro atoms. The average molecular weight is 414 g/mol. The predicted octanol–water partition coefficient (Wildman–Crippen LogP) is 3.47. The van der Waals surface area contributed by atoms with Crippen LogP contribution in [0.3, 0.4) is 0 Å². The third kappa shape index (κ3) is 5.00. The third-order valence-electron chi connectivity index (χ3n) is 4.12. The molecule has 1 aromatic carbocycles. The standard InChI is InChI=1S/C20H19FN4O3S/c1-11(14-5-7-15(21)8-6-14)24-18(26)13(3)28-20(27)16-12(2)25-19(29-16)17-22-9-4-10-23-17/h4-11,13H,1-3H3,(H,24,26). The molecule has 0 aliphatic heterocycles. The lowest BCUT2D eigenvalue weighted by Crippen LogP contribution is -2.37. The highest BCUT2D eigenvalue weighted by Crippen LogP contribution is 2.26. The molecule has 3 aromatic rings. The van der Waals surface area contributed by atoms with Crippen LogP contribution >= 0.6 is 11.3 Å². The fourth-order valence-corrected chi connectivity index (χ4v) is 3.42. The van der Waals surface area contributed by atoms with Gasteiger partial charge in [-0.05, 0) is 44.5 Å². The van der Waals surface area contributed by atoms with Gasteiger partial charge in [-0.25, -0.2) is 24.1 Å². The summed E-state index contributed by atoms with van der Waals surface area (Å²) < 4.78 is 18.3. The maximum Gasteiger partial charge on any atom is 0.351 e. The number of nitrogens with one attached hydrogen (secondary N) is 1. The molecule has 0 aliphatic rings. The van der Waals surface area contributed by atoms with E-state index in [0.717, 1.165) is 16.9 Å². The molecule has 0 radical (unpaired) electrons. The maximum atomic E-state index is 13.0. The van der Waals surface area contributed by atoms with Crippen LogP contribution < -0.4 is 5.32 Å². The lowest BCUT2D eigenvalue weighted by atomic mass is 10.1. The summed E-state index contributed by atoms with van der Waals surface area (Å²) in [5.74, 6) is -1.03. The Kier molecular flexibility index (Phi) is 6.28. The second kappa shape index (κ2) is 8.87. The normalized spacial score (nSPS) is 12.8. The molecule has 29 heavy (non-hydrogen) atoms. The van der Waals surface area contributed by atoms with E-state index in [0.29, 0.717) is 21.4 Å². The smallest absolute Gasteiger partial charge is 0.351 e. The van der Waals surface area contributed by atoms with E-state index in [1.54, 1.807) is 44.4 Å². The van der Waals surface area contributed by atoms with E-state index >= 15 is 0 Å². The van der Waals surface area contributed by atoms with Crippen LogP contribution in [-0.2, 0) is 9.53 Å². The maximum absolute atomic E-state index is 13.0. The van der Waals surface area contributed by atoms with Crippen molar-refractivity contribution in [3.05, 3.63) is 64.7 Å². The number of carbonyl (C=O) groups is 2. The Labute approximate surface area is 171 Å². The second-order valence-corrected chi connectivity index (χ2v) is 7.33. The summed E-state index contributed by atoms with van der Waals surface area (Å²) >= 11 is 1.11. The quantitative estimate of drug-likeness (QED) is 0.621. The third-order valence-corrected chi connectivity index (χ3v) is 5.25. The van der Waals surface area contributed by atoms with E-state index in [4.69, 9.17) is 4.74 Å². The van der Waals surface area contributed by atoms with E-state index < -0.39 is 18.0 Å². The number of carbonyl (C=O) groups excluding carboxylic acids is 2. The van der Waals surface area contributed by atoms with Crippen LogP contribution in [0.5, 0.6) is 0 Å². The van der Waals surface area contributed by atoms with Crippen molar-refractivity contribution in [2.24, 2.45) is 0 Å². The van der Waals surface area contributed by atoms with Crippen LogP contribution in [0, 0.1) is 12.7 Å². The van der Waals surface area contributed by atoms with Crippen molar-refractivity contribution in [1.29, 1.82) is 0 Å². The first-order valence-electron chi connectivity index (χ1n) is 8.86. The van der Waals surface area contributed by atoms with Gasteiger partial charge in [-0.15, -0.1) is 11.3 Å². The van der Waals surface area contributed by atoms with Crippen molar-refractivity contribution in [2.45, 2.75) is 32.9 Å². The van der Waals surface area contributed by atoms with Gasteiger partial charge in [0.2, 0.25) is 0 Å². The van der Waals surface area contributed by atoms with Crippen molar-refractivity contribution in [1.82, 2.24) is 20.3 Å². The fraction of sp³-hybridized carbons (Fsp3) is 0.250. The Hall–Kier alpha value is -3.20. The molecule has 1 amide bonds. The van der Waals surface area contributed by atoms with Gasteiger partial charge < -0.3 is 10.1 Å². The van der Waals surface area contributed by atoms with E-state index in [1.165, 1.54) is 19.1 Å². The first kappa shape index (κ1) is 20.5. The molecule has 0 saturated heterocycles. The number of hydrogen-bond acceptors (Lipinski definition) is 7. The topological polar surface area (TPSA) is 94.1 Å². The minimum atomic E-state index is -1.01. The second-order valence-electron chi connectivity index (χ2n) is 6.34. The van der Waals surface area contributed by atoms with Crippen LogP contribution in [0.25, 0.3) is 10.8 Å². The number of benzene rings is 1. The van der Waals surface area contributed by atoms with Crippen LogP contribution in [0.4, 0.5) is 4.39 Å². The van der Waals surface area contributed by atoms with Gasteiger partial charge in [0.05, 0.1) is 11.7 Å². The number of hydrogen-bond donors (Lipinski definition) is 1. The Morgan fingerprint density at radius 3 is 2.45 bits per heavy atom. The minimum absolute atomic E-state index is 0.290.